The van der Waals surface area contributed by atoms with Crippen molar-refractivity contribution in [3.8, 4) is 0 Å². The molecule has 17 heavy (non-hydrogen) atoms. The Hall–Kier alpha value is -1.67. The average molecular weight is 248 g/mol. The summed E-state index contributed by atoms with van der Waals surface area (Å²) < 4.78 is 4.59. The van der Waals surface area contributed by atoms with Gasteiger partial charge in [-0.15, -0.1) is 0 Å². The van der Waals surface area contributed by atoms with Gasteiger partial charge in [-0.25, -0.2) is 0 Å². The Kier molecular flexibility index (Phi) is 6.83. The van der Waals surface area contributed by atoms with Gasteiger partial charge in [0.1, 0.15) is 6.61 Å². The molecule has 5 N–H and O–H groups in total. The number of carbonyl (C=O) groups is 3. The van der Waals surface area contributed by atoms with Crippen LogP contribution in [0.2, 0.25) is 0 Å². The molecule has 1 amide bonds. The number of ether oxygens (including phenoxy) is 1. The van der Waals surface area contributed by atoms with E-state index in [9.17, 15) is 14.4 Å². The van der Waals surface area contributed by atoms with Crippen LogP contribution in [-0.2, 0) is 19.1 Å². The second-order valence-electron chi connectivity index (χ2n) is 3.40. The van der Waals surface area contributed by atoms with E-state index in [1.165, 1.54) is 6.92 Å². The topological polar surface area (TPSA) is 139 Å². The Morgan fingerprint density at radius 3 is 2.41 bits per heavy atom. The summed E-state index contributed by atoms with van der Waals surface area (Å²) in [4.78, 5) is 32.2. The Balaban J connectivity index is 4.13. The molecule has 0 rings (SSSR count). The van der Waals surface area contributed by atoms with Gasteiger partial charge in [0.2, 0.25) is 5.91 Å². The van der Waals surface area contributed by atoms with Gasteiger partial charge >= 0.3 is 11.9 Å². The summed E-state index contributed by atoms with van der Waals surface area (Å²) in [5, 5.41) is 19.6. The Morgan fingerprint density at radius 1 is 1.41 bits per heavy atom. The molecule has 8 nitrogen and oxygen atoms in total. The highest BCUT2D eigenvalue weighted by atomic mass is 16.5. The van der Waals surface area contributed by atoms with Crippen molar-refractivity contribution in [2.24, 2.45) is 5.73 Å². The summed E-state index contributed by atoms with van der Waals surface area (Å²) in [6.07, 6.45) is -0.516. The highest BCUT2D eigenvalue weighted by Gasteiger charge is 2.20. The molecule has 0 aliphatic rings. The number of amides is 1. The lowest BCUT2D eigenvalue weighted by Crippen LogP contribution is -2.49. The van der Waals surface area contributed by atoms with Gasteiger partial charge < -0.3 is 26.0 Å². The van der Waals surface area contributed by atoms with E-state index in [-0.39, 0.29) is 6.61 Å². The number of rotatable bonds is 7. The van der Waals surface area contributed by atoms with Gasteiger partial charge in [-0.2, -0.15) is 0 Å². The summed E-state index contributed by atoms with van der Waals surface area (Å²) in [7, 11) is 0. The lowest BCUT2D eigenvalue weighted by Gasteiger charge is -2.18. The van der Waals surface area contributed by atoms with E-state index in [2.05, 4.69) is 10.1 Å². The zero-order chi connectivity index (χ0) is 13.4. The molecule has 0 aliphatic heterocycles. The number of aliphatic carboxylic acids is 1. The molecule has 0 radical (unpaired) electrons. The van der Waals surface area contributed by atoms with E-state index >= 15 is 0 Å². The molecule has 0 aromatic heterocycles. The van der Waals surface area contributed by atoms with Crippen LogP contribution in [-0.4, -0.2) is 53.4 Å². The first kappa shape index (κ1) is 15.3. The SMILES string of the molecule is CC(=O)OCC(CO)NC(=O)C(N)CC(=O)O. The average Bonchev–Trinajstić information content (AvgIpc) is 2.22. The standard InChI is InChI=1S/C9H16N2O6/c1-5(13)17-4-6(3-12)11-9(16)7(10)2-8(14)15/h6-7,12H,2-4,10H2,1H3,(H,11,16)(H,14,15). The maximum atomic E-state index is 11.3. The predicted molar refractivity (Wildman–Crippen MR) is 55.9 cm³/mol. The third-order valence-corrected chi connectivity index (χ3v) is 1.79. The third-order valence-electron chi connectivity index (χ3n) is 1.79. The van der Waals surface area contributed by atoms with E-state index in [0.717, 1.165) is 0 Å². The molecule has 0 spiro atoms. The van der Waals surface area contributed by atoms with Crippen molar-refractivity contribution in [3.63, 3.8) is 0 Å². The van der Waals surface area contributed by atoms with Gasteiger partial charge in [-0.1, -0.05) is 0 Å². The van der Waals surface area contributed by atoms with Gasteiger partial charge in [-0.3, -0.25) is 14.4 Å². The van der Waals surface area contributed by atoms with Crippen LogP contribution in [0.15, 0.2) is 0 Å². The molecule has 0 fully saturated rings. The van der Waals surface area contributed by atoms with E-state index in [1.54, 1.807) is 0 Å². The highest BCUT2D eigenvalue weighted by Crippen LogP contribution is 1.92. The molecule has 0 aromatic rings. The van der Waals surface area contributed by atoms with Crippen molar-refractivity contribution < 1.29 is 29.3 Å². The predicted octanol–water partition coefficient (Wildman–Crippen LogP) is -2.17. The molecule has 8 heteroatoms. The molecule has 98 valence electrons. The normalized spacial score (nSPS) is 13.6. The smallest absolute Gasteiger partial charge is 0.305 e. The van der Waals surface area contributed by atoms with Crippen LogP contribution in [0.4, 0.5) is 0 Å². The lowest BCUT2D eigenvalue weighted by atomic mass is 10.2. The number of nitrogens with one attached hydrogen (secondary N) is 1. The van der Waals surface area contributed by atoms with Crippen molar-refractivity contribution >= 4 is 17.8 Å². The van der Waals surface area contributed by atoms with Gasteiger partial charge in [0, 0.05) is 6.92 Å². The molecular formula is C9H16N2O6. The maximum absolute atomic E-state index is 11.3. The first-order valence-electron chi connectivity index (χ1n) is 4.88. The Labute approximate surface area is 97.7 Å². The van der Waals surface area contributed by atoms with Crippen LogP contribution >= 0.6 is 0 Å². The number of nitrogens with two attached hydrogens (primary N) is 1. The summed E-state index contributed by atoms with van der Waals surface area (Å²) in [6.45, 7) is 0.544. The lowest BCUT2D eigenvalue weighted by molar-refractivity contribution is -0.143. The minimum atomic E-state index is -1.21. The summed E-state index contributed by atoms with van der Waals surface area (Å²) in [5.74, 6) is -2.47. The fourth-order valence-corrected chi connectivity index (χ4v) is 0.947. The van der Waals surface area contributed by atoms with Crippen LogP contribution in [0.25, 0.3) is 0 Å². The second kappa shape index (κ2) is 7.58. The van der Waals surface area contributed by atoms with E-state index in [1.807, 2.05) is 0 Å². The minimum Gasteiger partial charge on any atom is -0.481 e. The second-order valence-corrected chi connectivity index (χ2v) is 3.40. The molecule has 0 heterocycles. The summed E-state index contributed by atoms with van der Waals surface area (Å²) in [5.41, 5.74) is 5.29. The summed E-state index contributed by atoms with van der Waals surface area (Å²) in [6, 6.07) is -2.01. The van der Waals surface area contributed by atoms with Crippen LogP contribution < -0.4 is 11.1 Å². The van der Waals surface area contributed by atoms with Gasteiger partial charge in [0.05, 0.1) is 25.1 Å². The van der Waals surface area contributed by atoms with Gasteiger partial charge in [0.15, 0.2) is 0 Å². The van der Waals surface area contributed by atoms with Gasteiger partial charge in [0.25, 0.3) is 0 Å². The van der Waals surface area contributed by atoms with Crippen molar-refractivity contribution in [1.82, 2.24) is 5.32 Å². The minimum absolute atomic E-state index is 0.197. The molecular weight excluding hydrogens is 232 g/mol. The molecule has 0 aliphatic carbocycles. The highest BCUT2D eigenvalue weighted by molar-refractivity contribution is 5.86. The zero-order valence-electron chi connectivity index (χ0n) is 9.38. The van der Waals surface area contributed by atoms with Gasteiger partial charge in [-0.05, 0) is 0 Å². The number of hydrogen-bond donors (Lipinski definition) is 4. The fourth-order valence-electron chi connectivity index (χ4n) is 0.947. The zero-order valence-corrected chi connectivity index (χ0v) is 9.38. The van der Waals surface area contributed by atoms with Crippen LogP contribution in [0.1, 0.15) is 13.3 Å². The first-order chi connectivity index (χ1) is 7.86. The van der Waals surface area contributed by atoms with E-state index in [4.69, 9.17) is 15.9 Å². The molecule has 2 atom stereocenters. The van der Waals surface area contributed by atoms with Crippen molar-refractivity contribution in [2.45, 2.75) is 25.4 Å². The van der Waals surface area contributed by atoms with Crippen LogP contribution in [0.3, 0.4) is 0 Å². The first-order valence-corrected chi connectivity index (χ1v) is 4.88. The fraction of sp³-hybridized carbons (Fsp3) is 0.667. The van der Waals surface area contributed by atoms with Crippen molar-refractivity contribution in [1.29, 1.82) is 0 Å². The van der Waals surface area contributed by atoms with Crippen LogP contribution in [0, 0.1) is 0 Å². The van der Waals surface area contributed by atoms with Crippen molar-refractivity contribution in [2.75, 3.05) is 13.2 Å². The maximum Gasteiger partial charge on any atom is 0.305 e. The number of carbonyl (C=O) groups excluding carboxylic acids is 2. The summed E-state index contributed by atoms with van der Waals surface area (Å²) >= 11 is 0. The molecule has 0 saturated carbocycles. The van der Waals surface area contributed by atoms with E-state index < -0.39 is 43.0 Å². The van der Waals surface area contributed by atoms with Crippen molar-refractivity contribution in [3.05, 3.63) is 0 Å². The molecule has 0 bridgehead atoms. The Bertz CT molecular complexity index is 293. The Morgan fingerprint density at radius 2 is 2.00 bits per heavy atom. The largest absolute Gasteiger partial charge is 0.481 e. The molecule has 0 saturated heterocycles. The molecule has 2 unspecified atom stereocenters. The third kappa shape index (κ3) is 7.25. The molecule has 0 aromatic carbocycles. The number of hydrogen-bond acceptors (Lipinski definition) is 6. The number of esters is 1. The number of aliphatic hydroxyl groups excluding tert-OH is 1. The van der Waals surface area contributed by atoms with Crippen LogP contribution in [0.5, 0.6) is 0 Å². The quantitative estimate of drug-likeness (QED) is 0.376. The monoisotopic (exact) mass is 248 g/mol. The number of carboxylic acid groups (broad SMARTS) is 1. The number of aliphatic hydroxyl groups is 1. The number of carboxylic acids is 1. The van der Waals surface area contributed by atoms with E-state index in [0.29, 0.717) is 0 Å².